The molecule has 3 aromatic rings. The second-order valence-corrected chi connectivity index (χ2v) is 10.2. The number of piperidine rings is 1. The first kappa shape index (κ1) is 24.0. The third-order valence-electron chi connectivity index (χ3n) is 7.21. The Morgan fingerprint density at radius 2 is 1.94 bits per heavy atom. The minimum Gasteiger partial charge on any atom is -0.303 e. The van der Waals surface area contributed by atoms with Gasteiger partial charge in [-0.3, -0.25) is 5.10 Å². The molecule has 1 aromatic heterocycles. The first-order chi connectivity index (χ1) is 15.8. The lowest BCUT2D eigenvalue weighted by Gasteiger charge is -2.34. The predicted octanol–water partition coefficient (Wildman–Crippen LogP) is 7.09. The average Bonchev–Trinajstić information content (AvgIpc) is 3.22. The van der Waals surface area contributed by atoms with Crippen LogP contribution in [0.1, 0.15) is 56.7 Å². The molecule has 1 aliphatic rings. The quantitative estimate of drug-likeness (QED) is 0.387. The van der Waals surface area contributed by atoms with Gasteiger partial charge in [0, 0.05) is 23.1 Å². The lowest BCUT2D eigenvalue weighted by Crippen LogP contribution is -2.36. The standard InChI is InChI=1S/C26H29Cl2FN4/c1-17(2)26(16-30,19-4-7-22(27)23(28)14-19)10-3-11-33-12-8-18(9-13-33)25-21-6-5-20(29)15-24(21)31-32-25/h4-7,14-15,17-18H,3,8-13H2,1-2H3,(H,31,32). The predicted molar refractivity (Wildman–Crippen MR) is 132 cm³/mol. The summed E-state index contributed by atoms with van der Waals surface area (Å²) in [5, 5.41) is 19.6. The number of hydrogen-bond donors (Lipinski definition) is 1. The summed E-state index contributed by atoms with van der Waals surface area (Å²) in [4.78, 5) is 2.48. The fraction of sp³-hybridized carbons (Fsp3) is 0.462. The maximum Gasteiger partial charge on any atom is 0.125 e. The first-order valence-corrected chi connectivity index (χ1v) is 12.3. The molecule has 0 radical (unpaired) electrons. The van der Waals surface area contributed by atoms with E-state index in [9.17, 15) is 9.65 Å². The van der Waals surface area contributed by atoms with E-state index in [-0.39, 0.29) is 11.7 Å². The molecular weight excluding hydrogens is 458 g/mol. The molecule has 1 atom stereocenters. The summed E-state index contributed by atoms with van der Waals surface area (Å²) >= 11 is 12.4. The molecule has 4 nitrogen and oxygen atoms in total. The molecule has 0 aliphatic carbocycles. The molecule has 7 heteroatoms. The first-order valence-electron chi connectivity index (χ1n) is 11.6. The van der Waals surface area contributed by atoms with Crippen LogP contribution in [0.3, 0.4) is 0 Å². The van der Waals surface area contributed by atoms with Crippen LogP contribution in [-0.2, 0) is 5.41 Å². The van der Waals surface area contributed by atoms with Gasteiger partial charge >= 0.3 is 0 Å². The van der Waals surface area contributed by atoms with Crippen LogP contribution in [0.4, 0.5) is 4.39 Å². The molecule has 0 spiro atoms. The van der Waals surface area contributed by atoms with Gasteiger partial charge in [-0.15, -0.1) is 0 Å². The van der Waals surface area contributed by atoms with E-state index in [0.717, 1.165) is 62.0 Å². The second-order valence-electron chi connectivity index (χ2n) is 9.38. The lowest BCUT2D eigenvalue weighted by molar-refractivity contribution is 0.200. The van der Waals surface area contributed by atoms with Gasteiger partial charge in [0.15, 0.2) is 0 Å². The Kier molecular flexibility index (Phi) is 7.28. The highest BCUT2D eigenvalue weighted by Crippen LogP contribution is 2.39. The molecule has 33 heavy (non-hydrogen) atoms. The molecule has 0 amide bonds. The third kappa shape index (κ3) is 4.89. The van der Waals surface area contributed by atoms with Crippen molar-refractivity contribution in [1.82, 2.24) is 15.1 Å². The number of nitrogens with zero attached hydrogens (tertiary/aromatic N) is 3. The zero-order valence-electron chi connectivity index (χ0n) is 19.0. The monoisotopic (exact) mass is 486 g/mol. The molecule has 1 fully saturated rings. The van der Waals surface area contributed by atoms with E-state index in [0.29, 0.717) is 21.5 Å². The lowest BCUT2D eigenvalue weighted by atomic mass is 9.70. The fourth-order valence-electron chi connectivity index (χ4n) is 5.13. The van der Waals surface area contributed by atoms with Gasteiger partial charge in [-0.05, 0) is 81.1 Å². The molecule has 2 aromatic carbocycles. The topological polar surface area (TPSA) is 55.7 Å². The van der Waals surface area contributed by atoms with Gasteiger partial charge < -0.3 is 4.90 Å². The smallest absolute Gasteiger partial charge is 0.125 e. The SMILES string of the molecule is CC(C)C(C#N)(CCCN1CCC(c2[nH]nc3cc(F)ccc23)CC1)c1ccc(Cl)c(Cl)c1. The number of nitrogens with one attached hydrogen (secondary N) is 1. The minimum absolute atomic E-state index is 0.156. The van der Waals surface area contributed by atoms with Crippen LogP contribution in [0.15, 0.2) is 36.4 Å². The van der Waals surface area contributed by atoms with Crippen molar-refractivity contribution in [3.05, 3.63) is 63.5 Å². The summed E-state index contributed by atoms with van der Waals surface area (Å²) < 4.78 is 13.5. The van der Waals surface area contributed by atoms with E-state index >= 15 is 0 Å². The highest BCUT2D eigenvalue weighted by Gasteiger charge is 2.36. The number of nitriles is 1. The van der Waals surface area contributed by atoms with Gasteiger partial charge in [-0.1, -0.05) is 43.1 Å². The fourth-order valence-corrected chi connectivity index (χ4v) is 5.43. The van der Waals surface area contributed by atoms with Crippen molar-refractivity contribution in [3.8, 4) is 6.07 Å². The van der Waals surface area contributed by atoms with Crippen LogP contribution < -0.4 is 0 Å². The van der Waals surface area contributed by atoms with Crippen molar-refractivity contribution in [2.24, 2.45) is 5.92 Å². The Morgan fingerprint density at radius 3 is 2.61 bits per heavy atom. The summed E-state index contributed by atoms with van der Waals surface area (Å²) in [6.45, 7) is 7.15. The molecule has 0 bridgehead atoms. The normalized spacial score (nSPS) is 17.4. The Bertz CT molecular complexity index is 1160. The number of aromatic amines is 1. The van der Waals surface area contributed by atoms with Crippen LogP contribution >= 0.6 is 23.2 Å². The number of benzene rings is 2. The van der Waals surface area contributed by atoms with E-state index in [1.165, 1.54) is 12.1 Å². The van der Waals surface area contributed by atoms with Gasteiger partial charge in [-0.25, -0.2) is 4.39 Å². The van der Waals surface area contributed by atoms with Crippen molar-refractivity contribution in [2.45, 2.75) is 50.9 Å². The average molecular weight is 487 g/mol. The summed E-state index contributed by atoms with van der Waals surface area (Å²) in [7, 11) is 0. The molecule has 174 valence electrons. The van der Waals surface area contributed by atoms with Gasteiger partial charge in [0.1, 0.15) is 5.82 Å². The van der Waals surface area contributed by atoms with E-state index in [1.807, 2.05) is 18.2 Å². The van der Waals surface area contributed by atoms with Crippen LogP contribution in [0, 0.1) is 23.1 Å². The zero-order valence-corrected chi connectivity index (χ0v) is 20.6. The van der Waals surface area contributed by atoms with E-state index in [2.05, 4.69) is 35.0 Å². The van der Waals surface area contributed by atoms with Gasteiger partial charge in [0.2, 0.25) is 0 Å². The molecular formula is C26H29Cl2FN4. The molecule has 1 N–H and O–H groups in total. The Morgan fingerprint density at radius 1 is 1.18 bits per heavy atom. The van der Waals surface area contributed by atoms with Crippen molar-refractivity contribution in [1.29, 1.82) is 5.26 Å². The number of H-pyrrole nitrogens is 1. The summed E-state index contributed by atoms with van der Waals surface area (Å²) in [6, 6.07) is 13.0. The van der Waals surface area contributed by atoms with E-state index < -0.39 is 5.41 Å². The highest BCUT2D eigenvalue weighted by molar-refractivity contribution is 6.42. The van der Waals surface area contributed by atoms with Crippen LogP contribution in [0.5, 0.6) is 0 Å². The Labute approximate surface area is 204 Å². The number of likely N-dealkylation sites (tertiary alicyclic amines) is 1. The van der Waals surface area contributed by atoms with Crippen LogP contribution in [-0.4, -0.2) is 34.7 Å². The molecule has 0 saturated carbocycles. The third-order valence-corrected chi connectivity index (χ3v) is 7.95. The summed E-state index contributed by atoms with van der Waals surface area (Å²) in [6.07, 6.45) is 3.78. The molecule has 1 aliphatic heterocycles. The minimum atomic E-state index is -0.587. The maximum atomic E-state index is 13.5. The molecule has 1 saturated heterocycles. The largest absolute Gasteiger partial charge is 0.303 e. The molecule has 4 rings (SSSR count). The van der Waals surface area contributed by atoms with Gasteiger partial charge in [-0.2, -0.15) is 10.4 Å². The Balaban J connectivity index is 1.36. The zero-order chi connectivity index (χ0) is 23.6. The van der Waals surface area contributed by atoms with E-state index in [4.69, 9.17) is 23.2 Å². The van der Waals surface area contributed by atoms with Crippen LogP contribution in [0.2, 0.25) is 10.0 Å². The van der Waals surface area contributed by atoms with E-state index in [1.54, 1.807) is 6.07 Å². The second kappa shape index (κ2) is 10.0. The summed E-state index contributed by atoms with van der Waals surface area (Å²) in [5.74, 6) is 0.303. The van der Waals surface area contributed by atoms with Gasteiger partial charge in [0.05, 0.1) is 27.0 Å². The molecule has 1 unspecified atom stereocenters. The highest BCUT2D eigenvalue weighted by atomic mass is 35.5. The van der Waals surface area contributed by atoms with Crippen molar-refractivity contribution in [3.63, 3.8) is 0 Å². The summed E-state index contributed by atoms with van der Waals surface area (Å²) in [5.41, 5.74) is 2.16. The van der Waals surface area contributed by atoms with Crippen molar-refractivity contribution in [2.75, 3.05) is 19.6 Å². The number of rotatable bonds is 7. The number of halogens is 3. The van der Waals surface area contributed by atoms with Gasteiger partial charge in [0.25, 0.3) is 0 Å². The van der Waals surface area contributed by atoms with Crippen molar-refractivity contribution >= 4 is 34.1 Å². The van der Waals surface area contributed by atoms with Crippen molar-refractivity contribution < 1.29 is 4.39 Å². The number of fused-ring (bicyclic) bond motifs is 1. The number of aromatic nitrogens is 2. The Hall–Kier alpha value is -2.13. The molecule has 2 heterocycles. The maximum absolute atomic E-state index is 13.5. The number of hydrogen-bond acceptors (Lipinski definition) is 3. The van der Waals surface area contributed by atoms with Crippen LogP contribution in [0.25, 0.3) is 10.9 Å².